The minimum absolute atomic E-state index is 0.204. The van der Waals surface area contributed by atoms with Crippen molar-refractivity contribution >= 4 is 17.7 Å². The van der Waals surface area contributed by atoms with Gasteiger partial charge in [0, 0.05) is 24.7 Å². The van der Waals surface area contributed by atoms with Crippen molar-refractivity contribution in [2.75, 3.05) is 19.7 Å². The van der Waals surface area contributed by atoms with Crippen LogP contribution < -0.4 is 0 Å². The van der Waals surface area contributed by atoms with Crippen LogP contribution >= 0.6 is 11.6 Å². The summed E-state index contributed by atoms with van der Waals surface area (Å²) in [5.41, 5.74) is 1.26. The number of nitrogens with zero attached hydrogens (tertiary/aromatic N) is 1. The largest absolute Gasteiger partial charge is 0.465 e. The zero-order valence-corrected chi connectivity index (χ0v) is 12.2. The average molecular weight is 298 g/mol. The zero-order chi connectivity index (χ0) is 14.4. The summed E-state index contributed by atoms with van der Waals surface area (Å²) in [7, 11) is 0. The van der Waals surface area contributed by atoms with Crippen LogP contribution in [0.15, 0.2) is 24.3 Å². The summed E-state index contributed by atoms with van der Waals surface area (Å²) in [5, 5.41) is 9.62. The fourth-order valence-corrected chi connectivity index (χ4v) is 2.52. The Morgan fingerprint density at radius 3 is 2.55 bits per heavy atom. The SMILES string of the molecule is O=C(O)N1CCC(OCCCc2ccc(Cl)cc2)CC1. The Kier molecular flexibility index (Phi) is 5.68. The lowest BCUT2D eigenvalue weighted by atomic mass is 10.1. The number of hydrogen-bond donors (Lipinski definition) is 1. The number of aryl methyl sites for hydroxylation is 1. The predicted molar refractivity (Wildman–Crippen MR) is 78.3 cm³/mol. The molecule has 0 atom stereocenters. The van der Waals surface area contributed by atoms with Gasteiger partial charge in [-0.1, -0.05) is 23.7 Å². The van der Waals surface area contributed by atoms with Crippen LogP contribution in [0.2, 0.25) is 5.02 Å². The molecule has 0 spiro atoms. The number of carbonyl (C=O) groups is 1. The summed E-state index contributed by atoms with van der Waals surface area (Å²) < 4.78 is 5.81. The van der Waals surface area contributed by atoms with Crippen LogP contribution in [0.25, 0.3) is 0 Å². The van der Waals surface area contributed by atoms with E-state index in [9.17, 15) is 4.79 Å². The first kappa shape index (κ1) is 15.1. The fraction of sp³-hybridized carbons (Fsp3) is 0.533. The van der Waals surface area contributed by atoms with Crippen LogP contribution in [0.5, 0.6) is 0 Å². The van der Waals surface area contributed by atoms with E-state index in [-0.39, 0.29) is 6.10 Å². The number of hydrogen-bond acceptors (Lipinski definition) is 2. The molecule has 0 aromatic heterocycles. The standard InChI is InChI=1S/C15H20ClNO3/c16-13-5-3-12(4-6-13)2-1-11-20-14-7-9-17(10-8-14)15(18)19/h3-6,14H,1-2,7-11H2,(H,18,19). The lowest BCUT2D eigenvalue weighted by Crippen LogP contribution is -2.40. The molecule has 0 unspecified atom stereocenters. The van der Waals surface area contributed by atoms with Crippen LogP contribution in [-0.2, 0) is 11.2 Å². The van der Waals surface area contributed by atoms with Crippen molar-refractivity contribution in [1.29, 1.82) is 0 Å². The second-order valence-electron chi connectivity index (χ2n) is 5.07. The topological polar surface area (TPSA) is 49.8 Å². The highest BCUT2D eigenvalue weighted by atomic mass is 35.5. The third-order valence-corrected chi connectivity index (χ3v) is 3.84. The summed E-state index contributed by atoms with van der Waals surface area (Å²) in [4.78, 5) is 12.2. The molecule has 0 bridgehead atoms. The summed E-state index contributed by atoms with van der Waals surface area (Å²) in [6, 6.07) is 7.88. The van der Waals surface area contributed by atoms with Gasteiger partial charge in [0.05, 0.1) is 6.10 Å². The summed E-state index contributed by atoms with van der Waals surface area (Å²) >= 11 is 5.84. The number of carboxylic acid groups (broad SMARTS) is 1. The molecule has 2 rings (SSSR count). The lowest BCUT2D eigenvalue weighted by molar-refractivity contribution is 0.00926. The predicted octanol–water partition coefficient (Wildman–Crippen LogP) is 3.43. The van der Waals surface area contributed by atoms with Gasteiger partial charge in [0.1, 0.15) is 0 Å². The van der Waals surface area contributed by atoms with E-state index in [1.807, 2.05) is 24.3 Å². The molecule has 0 aliphatic carbocycles. The van der Waals surface area contributed by atoms with Gasteiger partial charge >= 0.3 is 6.09 Å². The third kappa shape index (κ3) is 4.69. The number of benzene rings is 1. The monoisotopic (exact) mass is 297 g/mol. The maximum Gasteiger partial charge on any atom is 0.407 e. The Morgan fingerprint density at radius 1 is 1.30 bits per heavy atom. The first-order valence-corrected chi connectivity index (χ1v) is 7.37. The van der Waals surface area contributed by atoms with E-state index in [0.717, 1.165) is 37.3 Å². The fourth-order valence-electron chi connectivity index (χ4n) is 2.39. The summed E-state index contributed by atoms with van der Waals surface area (Å²) in [6.07, 6.45) is 2.92. The van der Waals surface area contributed by atoms with E-state index in [4.69, 9.17) is 21.4 Å². The number of halogens is 1. The molecule has 1 heterocycles. The normalized spacial score (nSPS) is 16.4. The van der Waals surface area contributed by atoms with E-state index in [2.05, 4.69) is 0 Å². The summed E-state index contributed by atoms with van der Waals surface area (Å²) in [6.45, 7) is 1.88. The van der Waals surface area contributed by atoms with Gasteiger partial charge in [-0.15, -0.1) is 0 Å². The van der Waals surface area contributed by atoms with Crippen molar-refractivity contribution < 1.29 is 14.6 Å². The second-order valence-corrected chi connectivity index (χ2v) is 5.51. The van der Waals surface area contributed by atoms with Gasteiger partial charge in [-0.2, -0.15) is 0 Å². The van der Waals surface area contributed by atoms with E-state index in [0.29, 0.717) is 13.1 Å². The van der Waals surface area contributed by atoms with E-state index in [1.165, 1.54) is 10.5 Å². The van der Waals surface area contributed by atoms with Crippen LogP contribution in [0.1, 0.15) is 24.8 Å². The average Bonchev–Trinajstić information content (AvgIpc) is 2.46. The van der Waals surface area contributed by atoms with Gasteiger partial charge in [-0.25, -0.2) is 4.79 Å². The molecular formula is C15H20ClNO3. The molecule has 0 radical (unpaired) electrons. The van der Waals surface area contributed by atoms with Gasteiger partial charge in [0.15, 0.2) is 0 Å². The van der Waals surface area contributed by atoms with E-state index >= 15 is 0 Å². The molecule has 110 valence electrons. The van der Waals surface area contributed by atoms with Crippen molar-refractivity contribution in [3.05, 3.63) is 34.9 Å². The third-order valence-electron chi connectivity index (χ3n) is 3.59. The highest BCUT2D eigenvalue weighted by Gasteiger charge is 2.22. The molecule has 1 aromatic carbocycles. The molecule has 1 aromatic rings. The number of ether oxygens (including phenoxy) is 1. The maximum atomic E-state index is 10.8. The Bertz CT molecular complexity index is 427. The lowest BCUT2D eigenvalue weighted by Gasteiger charge is -2.29. The molecular weight excluding hydrogens is 278 g/mol. The van der Waals surface area contributed by atoms with Gasteiger partial charge in [0.2, 0.25) is 0 Å². The van der Waals surface area contributed by atoms with Gasteiger partial charge in [0.25, 0.3) is 0 Å². The Labute approximate surface area is 124 Å². The van der Waals surface area contributed by atoms with Gasteiger partial charge in [-0.05, 0) is 43.4 Å². The van der Waals surface area contributed by atoms with Crippen molar-refractivity contribution in [1.82, 2.24) is 4.90 Å². The highest BCUT2D eigenvalue weighted by molar-refractivity contribution is 6.30. The molecule has 5 heteroatoms. The molecule has 1 N–H and O–H groups in total. The van der Waals surface area contributed by atoms with Crippen LogP contribution in [0.3, 0.4) is 0 Å². The smallest absolute Gasteiger partial charge is 0.407 e. The van der Waals surface area contributed by atoms with Crippen LogP contribution in [0, 0.1) is 0 Å². The molecule has 1 aliphatic heterocycles. The Balaban J connectivity index is 1.60. The van der Waals surface area contributed by atoms with Crippen LogP contribution in [0.4, 0.5) is 4.79 Å². The first-order valence-electron chi connectivity index (χ1n) is 6.99. The van der Waals surface area contributed by atoms with Crippen molar-refractivity contribution in [3.8, 4) is 0 Å². The minimum Gasteiger partial charge on any atom is -0.465 e. The van der Waals surface area contributed by atoms with Crippen LogP contribution in [-0.4, -0.2) is 41.9 Å². The zero-order valence-electron chi connectivity index (χ0n) is 11.4. The van der Waals surface area contributed by atoms with Crippen molar-refractivity contribution in [2.45, 2.75) is 31.8 Å². The van der Waals surface area contributed by atoms with E-state index in [1.54, 1.807) is 0 Å². The van der Waals surface area contributed by atoms with Gasteiger partial charge in [-0.3, -0.25) is 0 Å². The molecule has 1 aliphatic rings. The molecule has 4 nitrogen and oxygen atoms in total. The second kappa shape index (κ2) is 7.50. The van der Waals surface area contributed by atoms with Crippen molar-refractivity contribution in [2.24, 2.45) is 0 Å². The Morgan fingerprint density at radius 2 is 1.95 bits per heavy atom. The molecule has 1 saturated heterocycles. The highest BCUT2D eigenvalue weighted by Crippen LogP contribution is 2.15. The van der Waals surface area contributed by atoms with Gasteiger partial charge < -0.3 is 14.7 Å². The maximum absolute atomic E-state index is 10.8. The molecule has 1 fully saturated rings. The molecule has 1 amide bonds. The van der Waals surface area contributed by atoms with E-state index < -0.39 is 6.09 Å². The molecule has 0 saturated carbocycles. The minimum atomic E-state index is -0.828. The first-order chi connectivity index (χ1) is 9.65. The number of likely N-dealkylation sites (tertiary alicyclic amines) is 1. The molecule has 20 heavy (non-hydrogen) atoms. The Hall–Kier alpha value is -1.26. The number of piperidine rings is 1. The number of rotatable bonds is 5. The van der Waals surface area contributed by atoms with Crippen molar-refractivity contribution in [3.63, 3.8) is 0 Å². The summed E-state index contributed by atoms with van der Waals surface area (Å²) in [5.74, 6) is 0. The quantitative estimate of drug-likeness (QED) is 0.847. The number of amides is 1.